The molecule has 5 heteroatoms. The summed E-state index contributed by atoms with van der Waals surface area (Å²) >= 11 is -1.33. The molecule has 2 heterocycles. The van der Waals surface area contributed by atoms with Crippen LogP contribution >= 0.6 is 0 Å². The summed E-state index contributed by atoms with van der Waals surface area (Å²) in [6.07, 6.45) is 4.92. The average Bonchev–Trinajstić information content (AvgIpc) is 3.86. The van der Waals surface area contributed by atoms with E-state index in [-0.39, 0.29) is 24.8 Å². The number of hydrogen-bond donors (Lipinski definition) is 0. The molecule has 0 radical (unpaired) electrons. The van der Waals surface area contributed by atoms with Gasteiger partial charge in [0.15, 0.2) is 0 Å². The Morgan fingerprint density at radius 3 is 1.22 bits per heavy atom. The van der Waals surface area contributed by atoms with Crippen LogP contribution in [0.1, 0.15) is 74.8 Å². The maximum Gasteiger partial charge on any atom is -1.00 e. The Hall–Kier alpha value is -3.62. The second-order valence-corrected chi connectivity index (χ2v) is 16.8. The third-order valence-electron chi connectivity index (χ3n) is 10.2. The van der Waals surface area contributed by atoms with Crippen LogP contribution in [0.5, 0.6) is 0 Å². The van der Waals surface area contributed by atoms with E-state index < -0.39 is 23.2 Å². The third-order valence-corrected chi connectivity index (χ3v) is 14.9. The number of halogens is 2. The Labute approximate surface area is 313 Å². The molecule has 0 spiro atoms. The second-order valence-electron chi connectivity index (χ2n) is 13.2. The number of aryl methyl sites for hydroxylation is 4. The Balaban J connectivity index is 0.00000208. The van der Waals surface area contributed by atoms with E-state index in [9.17, 15) is 0 Å². The zero-order chi connectivity index (χ0) is 32.4. The molecule has 0 aliphatic heterocycles. The van der Waals surface area contributed by atoms with Gasteiger partial charge in [0.25, 0.3) is 0 Å². The number of benzene rings is 4. The fourth-order valence-corrected chi connectivity index (χ4v) is 12.5. The van der Waals surface area contributed by atoms with E-state index in [0.717, 1.165) is 23.0 Å². The molecule has 2 aliphatic carbocycles. The predicted octanol–water partition coefficient (Wildman–Crippen LogP) is 6.04. The summed E-state index contributed by atoms with van der Waals surface area (Å²) in [5, 5.41) is 0. The number of fused-ring (bicyclic) bond motifs is 2. The molecule has 0 bridgehead atoms. The van der Waals surface area contributed by atoms with Gasteiger partial charge in [0.1, 0.15) is 0 Å². The monoisotopic (exact) mass is 758 g/mol. The first-order valence-electron chi connectivity index (χ1n) is 16.5. The van der Waals surface area contributed by atoms with Gasteiger partial charge in [-0.05, 0) is 0 Å². The Kier molecular flexibility index (Phi) is 10.0. The van der Waals surface area contributed by atoms with Crippen molar-refractivity contribution < 1.29 is 56.9 Å². The fourth-order valence-electron chi connectivity index (χ4n) is 7.61. The normalized spacial score (nSPS) is 15.8. The van der Waals surface area contributed by atoms with Crippen LogP contribution in [0.25, 0.3) is 45.6 Å². The number of hydrogen-bond acceptors (Lipinski definition) is 2. The molecule has 2 aliphatic rings. The van der Waals surface area contributed by atoms with Crippen molar-refractivity contribution >= 4 is 23.3 Å². The smallest absolute Gasteiger partial charge is 1.00 e. The van der Waals surface area contributed by atoms with Crippen LogP contribution in [-0.4, -0.2) is 0 Å². The van der Waals surface area contributed by atoms with Crippen molar-refractivity contribution in [3.05, 3.63) is 165 Å². The molecule has 0 amide bonds. The van der Waals surface area contributed by atoms with Gasteiger partial charge in [-0.3, -0.25) is 0 Å². The molecule has 49 heavy (non-hydrogen) atoms. The molecule has 2 aromatic heterocycles. The predicted molar refractivity (Wildman–Crippen MR) is 191 cm³/mol. The standard InChI is InChI=1S/2C22H19O.2ClH.Zr/c2*1-14-11-18-12-19(21-10-9-15(2)23-21)13-20(18)22(16(14)3)17-7-5-4-6-8-17;;;/h2*4-13H,1-3H3;2*1H;/q;;;;+2/p-2. The molecule has 2 nitrogen and oxygen atoms in total. The summed E-state index contributed by atoms with van der Waals surface area (Å²) in [4.78, 5) is 0. The van der Waals surface area contributed by atoms with Crippen LogP contribution < -0.4 is 24.8 Å². The summed E-state index contributed by atoms with van der Waals surface area (Å²) in [7, 11) is 0. The maximum atomic E-state index is 6.42. The minimum absolute atomic E-state index is 0. The van der Waals surface area contributed by atoms with Crippen molar-refractivity contribution in [1.82, 2.24) is 0 Å². The zero-order valence-electron chi connectivity index (χ0n) is 28.6. The summed E-state index contributed by atoms with van der Waals surface area (Å²) in [6.45, 7) is 13.2. The molecule has 2 atom stereocenters. The molecule has 0 N–H and O–H groups in total. The SMILES string of the molecule is Cc1ccc(C2=Cc3c(cc(C)c(C)c3-c3ccccc3)[CH]2[Zr+2][CH]2C(c3ccc(C)o3)=Cc3c2cc(C)c(C)c3-c2ccccc2)o1.[Cl-].[Cl-]. The Morgan fingerprint density at radius 1 is 0.490 bits per heavy atom. The van der Waals surface area contributed by atoms with Gasteiger partial charge in [-0.15, -0.1) is 0 Å². The summed E-state index contributed by atoms with van der Waals surface area (Å²) in [5.74, 6) is 3.91. The molecule has 4 aromatic carbocycles. The van der Waals surface area contributed by atoms with Crippen LogP contribution in [0, 0.1) is 41.5 Å². The topological polar surface area (TPSA) is 26.3 Å². The van der Waals surface area contributed by atoms with E-state index in [4.69, 9.17) is 8.83 Å². The van der Waals surface area contributed by atoms with Gasteiger partial charge in [0.05, 0.1) is 0 Å². The van der Waals surface area contributed by atoms with Crippen molar-refractivity contribution in [1.29, 1.82) is 0 Å². The largest absolute Gasteiger partial charge is 1.00 e. The summed E-state index contributed by atoms with van der Waals surface area (Å²) in [5.41, 5.74) is 18.9. The van der Waals surface area contributed by atoms with Gasteiger partial charge in [0, 0.05) is 0 Å². The Morgan fingerprint density at radius 2 is 0.878 bits per heavy atom. The van der Waals surface area contributed by atoms with E-state index in [1.165, 1.54) is 77.9 Å². The first-order chi connectivity index (χ1) is 22.8. The quantitative estimate of drug-likeness (QED) is 0.207. The summed E-state index contributed by atoms with van der Waals surface area (Å²) < 4.78 is 13.5. The van der Waals surface area contributed by atoms with Crippen molar-refractivity contribution in [2.45, 2.75) is 48.8 Å². The first-order valence-corrected chi connectivity index (χ1v) is 19.3. The van der Waals surface area contributed by atoms with Crippen molar-refractivity contribution in [2.75, 3.05) is 0 Å². The number of furan rings is 2. The molecule has 8 rings (SSSR count). The molecular weight excluding hydrogens is 723 g/mol. The van der Waals surface area contributed by atoms with Crippen molar-refractivity contribution in [3.8, 4) is 22.3 Å². The molecular formula is C44H38Cl2O2Zr. The average molecular weight is 761 g/mol. The van der Waals surface area contributed by atoms with Gasteiger partial charge < -0.3 is 24.8 Å². The van der Waals surface area contributed by atoms with E-state index >= 15 is 0 Å². The van der Waals surface area contributed by atoms with Gasteiger partial charge in [-0.2, -0.15) is 0 Å². The minimum atomic E-state index is -1.33. The van der Waals surface area contributed by atoms with Crippen LogP contribution in [0.15, 0.2) is 106 Å². The first kappa shape index (κ1) is 35.2. The number of allylic oxidation sites excluding steroid dienone is 2. The second kappa shape index (κ2) is 13.9. The van der Waals surface area contributed by atoms with Gasteiger partial charge in [-0.25, -0.2) is 0 Å². The molecule has 6 aromatic rings. The van der Waals surface area contributed by atoms with Gasteiger partial charge in [-0.1, -0.05) is 0 Å². The zero-order valence-corrected chi connectivity index (χ0v) is 32.6. The van der Waals surface area contributed by atoms with Gasteiger partial charge in [0.2, 0.25) is 0 Å². The Bertz CT molecular complexity index is 2080. The van der Waals surface area contributed by atoms with Crippen LogP contribution in [0.2, 0.25) is 0 Å². The maximum absolute atomic E-state index is 6.42. The minimum Gasteiger partial charge on any atom is -1.00 e. The molecule has 0 saturated carbocycles. The number of rotatable bonds is 6. The van der Waals surface area contributed by atoms with E-state index in [0.29, 0.717) is 7.25 Å². The van der Waals surface area contributed by atoms with Crippen LogP contribution in [0.4, 0.5) is 0 Å². The van der Waals surface area contributed by atoms with E-state index in [1.54, 1.807) is 0 Å². The van der Waals surface area contributed by atoms with E-state index in [2.05, 4.69) is 137 Å². The van der Waals surface area contributed by atoms with E-state index in [1.807, 2.05) is 13.8 Å². The van der Waals surface area contributed by atoms with Crippen molar-refractivity contribution in [3.63, 3.8) is 0 Å². The van der Waals surface area contributed by atoms with Gasteiger partial charge >= 0.3 is 291 Å². The molecule has 244 valence electrons. The molecule has 0 fully saturated rings. The van der Waals surface area contributed by atoms with Crippen LogP contribution in [0.3, 0.4) is 0 Å². The molecule has 0 saturated heterocycles. The third kappa shape index (κ3) is 6.09. The fraction of sp³-hybridized carbons (Fsp3) is 0.182. The summed E-state index contributed by atoms with van der Waals surface area (Å²) in [6, 6.07) is 35.4. The van der Waals surface area contributed by atoms with Crippen LogP contribution in [-0.2, 0) is 23.2 Å². The van der Waals surface area contributed by atoms with Crippen molar-refractivity contribution in [2.24, 2.45) is 0 Å². The molecule has 2 unspecified atom stereocenters.